The zero-order valence-electron chi connectivity index (χ0n) is 13.2. The number of sulfone groups is 1. The highest BCUT2D eigenvalue weighted by Gasteiger charge is 2.46. The van der Waals surface area contributed by atoms with E-state index in [0.717, 1.165) is 30.5 Å². The third kappa shape index (κ3) is 2.56. The van der Waals surface area contributed by atoms with Crippen LogP contribution >= 0.6 is 0 Å². The molecule has 5 heteroatoms. The van der Waals surface area contributed by atoms with Gasteiger partial charge in [-0.2, -0.15) is 0 Å². The van der Waals surface area contributed by atoms with Crippen molar-refractivity contribution in [3.63, 3.8) is 0 Å². The van der Waals surface area contributed by atoms with Gasteiger partial charge in [-0.15, -0.1) is 0 Å². The minimum Gasteiger partial charge on any atom is -0.377 e. The average molecular weight is 321 g/mol. The zero-order valence-corrected chi connectivity index (χ0v) is 14.0. The number of Topliss-reactive ketones (excluding diaryl/α,β-unsaturated/α-hetero) is 1. The van der Waals surface area contributed by atoms with E-state index >= 15 is 0 Å². The van der Waals surface area contributed by atoms with E-state index in [1.165, 1.54) is 0 Å². The molecule has 0 aliphatic carbocycles. The standard InChI is InChI=1S/C17H23NO3S/c1-18(2)16-9-4-3-8-15(16)17(19)12-10-13-6-5-7-14(11-12)22(13,20)21/h3-4,8-9,12-14H,5-7,10-11H2,1-2H3. The van der Waals surface area contributed by atoms with Gasteiger partial charge < -0.3 is 4.90 Å². The first kappa shape index (κ1) is 15.5. The molecule has 1 aromatic rings. The second kappa shape index (κ2) is 5.69. The number of hydrogen-bond donors (Lipinski definition) is 0. The van der Waals surface area contributed by atoms with E-state index in [0.29, 0.717) is 12.8 Å². The molecule has 2 fully saturated rings. The Morgan fingerprint density at radius 2 is 1.68 bits per heavy atom. The summed E-state index contributed by atoms with van der Waals surface area (Å²) in [6, 6.07) is 7.59. The lowest BCUT2D eigenvalue weighted by Gasteiger charge is -2.38. The second-order valence-corrected chi connectivity index (χ2v) is 9.22. The van der Waals surface area contributed by atoms with Crippen molar-refractivity contribution in [2.45, 2.75) is 42.6 Å². The van der Waals surface area contributed by atoms with Gasteiger partial charge in [0.2, 0.25) is 0 Å². The van der Waals surface area contributed by atoms with Crippen LogP contribution in [0.25, 0.3) is 0 Å². The van der Waals surface area contributed by atoms with Gasteiger partial charge in [-0.25, -0.2) is 8.42 Å². The first-order chi connectivity index (χ1) is 10.4. The Kier molecular flexibility index (Phi) is 4.02. The highest BCUT2D eigenvalue weighted by molar-refractivity contribution is 7.92. The van der Waals surface area contributed by atoms with Gasteiger partial charge >= 0.3 is 0 Å². The monoisotopic (exact) mass is 321 g/mol. The summed E-state index contributed by atoms with van der Waals surface area (Å²) in [5.41, 5.74) is 1.63. The van der Waals surface area contributed by atoms with Crippen LogP contribution in [0.1, 0.15) is 42.5 Å². The minimum atomic E-state index is -3.00. The molecule has 2 atom stereocenters. The van der Waals surface area contributed by atoms with Gasteiger partial charge in [0, 0.05) is 31.3 Å². The Balaban J connectivity index is 1.89. The topological polar surface area (TPSA) is 54.5 Å². The molecule has 2 aliphatic rings. The van der Waals surface area contributed by atoms with E-state index in [9.17, 15) is 13.2 Å². The van der Waals surface area contributed by atoms with Gasteiger partial charge in [-0.1, -0.05) is 18.6 Å². The third-order valence-electron chi connectivity index (χ3n) is 5.10. The van der Waals surface area contributed by atoms with Crippen molar-refractivity contribution in [3.8, 4) is 0 Å². The number of para-hydroxylation sites is 1. The Morgan fingerprint density at radius 3 is 2.27 bits per heavy atom. The first-order valence-electron chi connectivity index (χ1n) is 7.94. The van der Waals surface area contributed by atoms with Crippen LogP contribution in [0.4, 0.5) is 5.69 Å². The molecule has 22 heavy (non-hydrogen) atoms. The lowest BCUT2D eigenvalue weighted by molar-refractivity contribution is 0.0894. The molecule has 2 aliphatic heterocycles. The molecule has 0 saturated carbocycles. The third-order valence-corrected chi connectivity index (χ3v) is 7.81. The van der Waals surface area contributed by atoms with Crippen molar-refractivity contribution in [1.29, 1.82) is 0 Å². The van der Waals surface area contributed by atoms with Gasteiger partial charge in [0.05, 0.1) is 10.5 Å². The van der Waals surface area contributed by atoms with Crippen LogP contribution in [-0.4, -0.2) is 38.8 Å². The van der Waals surface area contributed by atoms with E-state index < -0.39 is 9.84 Å². The van der Waals surface area contributed by atoms with Crippen LogP contribution in [0.2, 0.25) is 0 Å². The van der Waals surface area contributed by atoms with Gasteiger partial charge in [0.15, 0.2) is 15.6 Å². The molecular weight excluding hydrogens is 298 g/mol. The Bertz CT molecular complexity index is 661. The molecule has 2 saturated heterocycles. The number of benzene rings is 1. The lowest BCUT2D eigenvalue weighted by atomic mass is 9.84. The number of ketones is 1. The summed E-state index contributed by atoms with van der Waals surface area (Å²) in [6.45, 7) is 0. The number of hydrogen-bond acceptors (Lipinski definition) is 4. The van der Waals surface area contributed by atoms with Crippen LogP contribution in [0.3, 0.4) is 0 Å². The van der Waals surface area contributed by atoms with Gasteiger partial charge in [0.1, 0.15) is 0 Å². The van der Waals surface area contributed by atoms with Crippen molar-refractivity contribution in [3.05, 3.63) is 29.8 Å². The zero-order chi connectivity index (χ0) is 15.9. The molecular formula is C17H23NO3S. The summed E-state index contributed by atoms with van der Waals surface area (Å²) in [5, 5.41) is -0.610. The average Bonchev–Trinajstić information content (AvgIpc) is 2.45. The summed E-state index contributed by atoms with van der Waals surface area (Å²) < 4.78 is 24.7. The SMILES string of the molecule is CN(C)c1ccccc1C(=O)C1CC2CCCC(C1)S2(=O)=O. The number of anilines is 1. The number of carbonyl (C=O) groups is 1. The van der Waals surface area contributed by atoms with Crippen molar-refractivity contribution in [1.82, 2.24) is 0 Å². The highest BCUT2D eigenvalue weighted by atomic mass is 32.2. The maximum absolute atomic E-state index is 12.9. The lowest BCUT2D eigenvalue weighted by Crippen LogP contribution is -2.45. The molecule has 0 aromatic heterocycles. The van der Waals surface area contributed by atoms with Crippen LogP contribution in [0.15, 0.2) is 24.3 Å². The predicted molar refractivity (Wildman–Crippen MR) is 88.2 cm³/mol. The summed E-state index contributed by atoms with van der Waals surface area (Å²) >= 11 is 0. The summed E-state index contributed by atoms with van der Waals surface area (Å²) in [7, 11) is 0.842. The van der Waals surface area contributed by atoms with Crippen molar-refractivity contribution in [2.24, 2.45) is 5.92 Å². The molecule has 0 amide bonds. The molecule has 0 spiro atoms. The maximum Gasteiger partial charge on any atom is 0.168 e. The molecule has 2 bridgehead atoms. The van der Waals surface area contributed by atoms with Crippen LogP contribution in [-0.2, 0) is 9.84 Å². The van der Waals surface area contributed by atoms with Crippen LogP contribution < -0.4 is 4.90 Å². The Morgan fingerprint density at radius 1 is 1.09 bits per heavy atom. The normalized spacial score (nSPS) is 29.8. The van der Waals surface area contributed by atoms with Crippen molar-refractivity contribution >= 4 is 21.3 Å². The molecule has 1 aromatic carbocycles. The fraction of sp³-hybridized carbons (Fsp3) is 0.588. The minimum absolute atomic E-state index is 0.108. The van der Waals surface area contributed by atoms with Crippen molar-refractivity contribution < 1.29 is 13.2 Å². The second-order valence-electron chi connectivity index (χ2n) is 6.71. The number of rotatable bonds is 3. The molecule has 120 valence electrons. The molecule has 4 nitrogen and oxygen atoms in total. The molecule has 2 heterocycles. The Labute approximate surface area is 132 Å². The van der Waals surface area contributed by atoms with E-state index in [4.69, 9.17) is 0 Å². The first-order valence-corrected chi connectivity index (χ1v) is 9.55. The van der Waals surface area contributed by atoms with Crippen LogP contribution in [0, 0.1) is 5.92 Å². The number of carbonyl (C=O) groups excluding carboxylic acids is 1. The van der Waals surface area contributed by atoms with E-state index in [-0.39, 0.29) is 22.2 Å². The van der Waals surface area contributed by atoms with E-state index in [1.54, 1.807) is 0 Å². The molecule has 0 N–H and O–H groups in total. The van der Waals surface area contributed by atoms with Gasteiger partial charge in [-0.05, 0) is 37.8 Å². The molecule has 3 rings (SSSR count). The molecule has 2 unspecified atom stereocenters. The van der Waals surface area contributed by atoms with E-state index in [1.807, 2.05) is 43.3 Å². The highest BCUT2D eigenvalue weighted by Crippen LogP contribution is 2.41. The number of fused-ring (bicyclic) bond motifs is 2. The van der Waals surface area contributed by atoms with Crippen LogP contribution in [0.5, 0.6) is 0 Å². The van der Waals surface area contributed by atoms with Crippen molar-refractivity contribution in [2.75, 3.05) is 19.0 Å². The Hall–Kier alpha value is -1.36. The quantitative estimate of drug-likeness (QED) is 0.803. The van der Waals surface area contributed by atoms with Gasteiger partial charge in [-0.3, -0.25) is 4.79 Å². The predicted octanol–water partition coefficient (Wildman–Crippen LogP) is 2.68. The fourth-order valence-electron chi connectivity index (χ4n) is 3.91. The smallest absolute Gasteiger partial charge is 0.168 e. The summed E-state index contributed by atoms with van der Waals surface area (Å²) in [6.07, 6.45) is 3.42. The van der Waals surface area contributed by atoms with E-state index in [2.05, 4.69) is 0 Å². The largest absolute Gasteiger partial charge is 0.377 e. The summed E-state index contributed by atoms with van der Waals surface area (Å²) in [5.74, 6) is -0.0453. The fourth-order valence-corrected chi connectivity index (χ4v) is 6.45. The summed E-state index contributed by atoms with van der Waals surface area (Å²) in [4.78, 5) is 14.9. The molecule has 0 radical (unpaired) electrons. The number of nitrogens with zero attached hydrogens (tertiary/aromatic N) is 1. The maximum atomic E-state index is 12.9. The van der Waals surface area contributed by atoms with Gasteiger partial charge in [0.25, 0.3) is 0 Å².